The van der Waals surface area contributed by atoms with Gasteiger partial charge in [0, 0.05) is 13.0 Å². The minimum atomic E-state index is -4.29. The second kappa shape index (κ2) is 50.3. The van der Waals surface area contributed by atoms with Crippen molar-refractivity contribution in [3.63, 3.8) is 0 Å². The molecule has 0 saturated carbocycles. The molecular formula is C58H107NO7P+. The fraction of sp³-hybridized carbons (Fsp3) is 0.776. The van der Waals surface area contributed by atoms with E-state index in [0.717, 1.165) is 64.2 Å². The van der Waals surface area contributed by atoms with Crippen molar-refractivity contribution in [2.24, 2.45) is 0 Å². The number of hydrogen-bond acceptors (Lipinski definition) is 6. The molecule has 2 unspecified atom stereocenters. The van der Waals surface area contributed by atoms with Crippen molar-refractivity contribution in [1.82, 2.24) is 0 Å². The quantitative estimate of drug-likeness (QED) is 0.0213. The van der Waals surface area contributed by atoms with Gasteiger partial charge in [0.1, 0.15) is 19.3 Å². The number of quaternary nitrogens is 1. The standard InChI is InChI=1S/C58H106NO7P/c1-6-8-10-12-14-16-18-20-22-24-26-28-30-31-33-35-37-39-41-43-45-47-49-51-58(60)66-57(56-65-67(61,62)64-54-52-59(3,4)5)55-63-53-50-48-46-44-42-40-38-36-34-32-29-27-25-23-21-19-17-15-13-11-9-7-2/h8,10,14,16,19-22,25-28,57H,6-7,9,11-13,15,17-18,23-24,29-56H2,1-5H3/p+1/b10-8-,16-14-,21-19-,22-20-,27-25-,28-26-. The third-order valence-electron chi connectivity index (χ3n) is 11.8. The van der Waals surface area contributed by atoms with E-state index in [2.05, 4.69) is 86.8 Å². The number of esters is 1. The van der Waals surface area contributed by atoms with Crippen LogP contribution in [0.2, 0.25) is 0 Å². The molecule has 0 aromatic rings. The molecule has 0 radical (unpaired) electrons. The zero-order valence-electron chi connectivity index (χ0n) is 44.4. The largest absolute Gasteiger partial charge is 0.472 e. The minimum Gasteiger partial charge on any atom is -0.457 e. The highest BCUT2D eigenvalue weighted by Gasteiger charge is 2.26. The summed E-state index contributed by atoms with van der Waals surface area (Å²) in [6, 6.07) is 0. The van der Waals surface area contributed by atoms with Gasteiger partial charge in [0.2, 0.25) is 0 Å². The summed E-state index contributed by atoms with van der Waals surface area (Å²) in [7, 11) is 1.66. The summed E-state index contributed by atoms with van der Waals surface area (Å²) in [5.74, 6) is -0.319. The Morgan fingerprint density at radius 3 is 1.30 bits per heavy atom. The van der Waals surface area contributed by atoms with Crippen molar-refractivity contribution in [2.45, 2.75) is 238 Å². The van der Waals surface area contributed by atoms with Crippen LogP contribution in [0.1, 0.15) is 232 Å². The van der Waals surface area contributed by atoms with Crippen LogP contribution < -0.4 is 0 Å². The van der Waals surface area contributed by atoms with Crippen LogP contribution in [0.15, 0.2) is 72.9 Å². The van der Waals surface area contributed by atoms with Crippen LogP contribution in [-0.4, -0.2) is 75.6 Å². The first-order valence-corrected chi connectivity index (χ1v) is 29.2. The summed E-state index contributed by atoms with van der Waals surface area (Å²) in [6.45, 7) is 5.51. The van der Waals surface area contributed by atoms with Crippen LogP contribution in [0.4, 0.5) is 0 Å². The van der Waals surface area contributed by atoms with Crippen molar-refractivity contribution in [3.05, 3.63) is 72.9 Å². The van der Waals surface area contributed by atoms with Gasteiger partial charge in [-0.25, -0.2) is 4.57 Å². The zero-order valence-corrected chi connectivity index (χ0v) is 45.3. The number of ether oxygens (including phenoxy) is 2. The van der Waals surface area contributed by atoms with E-state index in [1.807, 2.05) is 21.1 Å². The van der Waals surface area contributed by atoms with Crippen molar-refractivity contribution in [3.8, 4) is 0 Å². The normalized spacial score (nSPS) is 14.1. The number of carbonyl (C=O) groups excluding carboxylic acids is 1. The van der Waals surface area contributed by atoms with E-state index in [1.54, 1.807) is 0 Å². The molecule has 0 bridgehead atoms. The summed E-state index contributed by atoms with van der Waals surface area (Å²) in [5, 5.41) is 0. The molecule has 0 rings (SSSR count). The molecule has 0 fully saturated rings. The first-order chi connectivity index (χ1) is 32.6. The van der Waals surface area contributed by atoms with Crippen molar-refractivity contribution < 1.29 is 37.3 Å². The van der Waals surface area contributed by atoms with E-state index in [1.165, 1.54) is 148 Å². The second-order valence-corrected chi connectivity index (χ2v) is 21.0. The maximum Gasteiger partial charge on any atom is 0.472 e. The van der Waals surface area contributed by atoms with Crippen molar-refractivity contribution >= 4 is 13.8 Å². The Morgan fingerprint density at radius 2 is 0.866 bits per heavy atom. The van der Waals surface area contributed by atoms with Gasteiger partial charge >= 0.3 is 13.8 Å². The van der Waals surface area contributed by atoms with Crippen molar-refractivity contribution in [1.29, 1.82) is 0 Å². The maximum absolute atomic E-state index is 12.8. The Kier molecular flexibility index (Phi) is 48.8. The SMILES string of the molecule is CC/C=C\C/C=C\C/C=C\C/C=C\CCCCCCCCCCCCC(=O)OC(COCCCCCCCCCCCC/C=C\C/C=C\CCCCCCC)COP(=O)(O)OCC[N+](C)(C)C. The number of allylic oxidation sites excluding steroid dienone is 12. The second-order valence-electron chi connectivity index (χ2n) is 19.6. The third kappa shape index (κ3) is 54.7. The molecule has 0 aliphatic rings. The predicted molar refractivity (Wildman–Crippen MR) is 288 cm³/mol. The van der Waals surface area contributed by atoms with E-state index in [-0.39, 0.29) is 25.8 Å². The topological polar surface area (TPSA) is 91.3 Å². The molecule has 390 valence electrons. The Labute approximate surface area is 414 Å². The lowest BCUT2D eigenvalue weighted by Gasteiger charge is -2.24. The maximum atomic E-state index is 12.8. The number of rotatable bonds is 51. The highest BCUT2D eigenvalue weighted by atomic mass is 31.2. The Morgan fingerprint density at radius 1 is 0.478 bits per heavy atom. The molecule has 0 heterocycles. The predicted octanol–water partition coefficient (Wildman–Crippen LogP) is 17.4. The van der Waals surface area contributed by atoms with Gasteiger partial charge in [0.25, 0.3) is 0 Å². The van der Waals surface area contributed by atoms with E-state index < -0.39 is 13.9 Å². The lowest BCUT2D eigenvalue weighted by molar-refractivity contribution is -0.870. The van der Waals surface area contributed by atoms with Crippen LogP contribution >= 0.6 is 7.82 Å². The van der Waals surface area contributed by atoms with Crippen LogP contribution in [0, 0.1) is 0 Å². The molecule has 0 aliphatic heterocycles. The minimum absolute atomic E-state index is 0.0845. The van der Waals surface area contributed by atoms with Gasteiger partial charge < -0.3 is 18.9 Å². The number of carbonyl (C=O) groups is 1. The molecule has 8 nitrogen and oxygen atoms in total. The Bertz CT molecular complexity index is 1300. The summed E-state index contributed by atoms with van der Waals surface area (Å²) in [5.41, 5.74) is 0. The first kappa shape index (κ1) is 64.9. The van der Waals surface area contributed by atoms with E-state index >= 15 is 0 Å². The van der Waals surface area contributed by atoms with Crippen LogP contribution in [0.25, 0.3) is 0 Å². The number of hydrogen-bond donors (Lipinski definition) is 1. The lowest BCUT2D eigenvalue weighted by atomic mass is 10.0. The van der Waals surface area contributed by atoms with Gasteiger partial charge in [0.15, 0.2) is 0 Å². The molecule has 0 saturated heterocycles. The van der Waals surface area contributed by atoms with Gasteiger partial charge in [-0.05, 0) is 83.5 Å². The highest BCUT2D eigenvalue weighted by Crippen LogP contribution is 2.43. The molecule has 0 aromatic carbocycles. The summed E-state index contributed by atoms with van der Waals surface area (Å²) in [4.78, 5) is 23.1. The molecule has 9 heteroatoms. The molecule has 0 spiro atoms. The van der Waals surface area contributed by atoms with Gasteiger partial charge in [0.05, 0.1) is 34.4 Å². The Balaban J connectivity index is 4.12. The number of nitrogens with zero attached hydrogens (tertiary/aromatic N) is 1. The van der Waals surface area contributed by atoms with Gasteiger partial charge in [-0.1, -0.05) is 215 Å². The molecule has 1 N–H and O–H groups in total. The van der Waals surface area contributed by atoms with Crippen LogP contribution in [0.3, 0.4) is 0 Å². The van der Waals surface area contributed by atoms with E-state index in [4.69, 9.17) is 18.5 Å². The highest BCUT2D eigenvalue weighted by molar-refractivity contribution is 7.47. The van der Waals surface area contributed by atoms with E-state index in [0.29, 0.717) is 24.1 Å². The van der Waals surface area contributed by atoms with Crippen LogP contribution in [-0.2, 0) is 27.9 Å². The molecule has 67 heavy (non-hydrogen) atoms. The average molecular weight is 961 g/mol. The average Bonchev–Trinajstić information content (AvgIpc) is 3.29. The monoisotopic (exact) mass is 961 g/mol. The lowest BCUT2D eigenvalue weighted by Crippen LogP contribution is -2.37. The van der Waals surface area contributed by atoms with Crippen LogP contribution in [0.5, 0.6) is 0 Å². The van der Waals surface area contributed by atoms with Crippen molar-refractivity contribution in [2.75, 3.05) is 54.1 Å². The van der Waals surface area contributed by atoms with Gasteiger partial charge in [-0.2, -0.15) is 0 Å². The fourth-order valence-electron chi connectivity index (χ4n) is 7.52. The third-order valence-corrected chi connectivity index (χ3v) is 12.7. The zero-order chi connectivity index (χ0) is 49.0. The number of likely N-dealkylation sites (N-methyl/N-ethyl adjacent to an activating group) is 1. The summed E-state index contributed by atoms with van der Waals surface area (Å²) >= 11 is 0. The smallest absolute Gasteiger partial charge is 0.457 e. The van der Waals surface area contributed by atoms with Gasteiger partial charge in [-0.15, -0.1) is 0 Å². The summed E-state index contributed by atoms with van der Waals surface area (Å²) in [6.07, 6.45) is 66.7. The number of phosphoric ester groups is 1. The molecule has 2 atom stereocenters. The molecule has 0 amide bonds. The number of unbranched alkanes of at least 4 members (excludes halogenated alkanes) is 25. The molecular weight excluding hydrogens is 854 g/mol. The first-order valence-electron chi connectivity index (χ1n) is 27.7. The Hall–Kier alpha value is -2.06. The van der Waals surface area contributed by atoms with Gasteiger partial charge in [-0.3, -0.25) is 13.8 Å². The fourth-order valence-corrected chi connectivity index (χ4v) is 8.26. The molecule has 0 aromatic heterocycles. The van der Waals surface area contributed by atoms with E-state index in [9.17, 15) is 14.3 Å². The molecule has 0 aliphatic carbocycles. The summed E-state index contributed by atoms with van der Waals surface area (Å²) < 4.78 is 35.2. The number of phosphoric acid groups is 1.